The highest BCUT2D eigenvalue weighted by Gasteiger charge is 2.33. The summed E-state index contributed by atoms with van der Waals surface area (Å²) in [6, 6.07) is 0.891. The van der Waals surface area contributed by atoms with Crippen molar-refractivity contribution in [2.75, 3.05) is 11.1 Å². The van der Waals surface area contributed by atoms with E-state index in [1.54, 1.807) is 17.9 Å². The van der Waals surface area contributed by atoms with Crippen molar-refractivity contribution in [3.05, 3.63) is 29.8 Å². The standard InChI is InChI=1S/C12H14F3N5/c1-3-8-10(6-20(2)19-8)18-9-4-11(12(13,14)15)17-5-7(9)16/h4-6H,3,16H2,1-2H3,(H,17,18). The second kappa shape index (κ2) is 5.03. The first-order valence-electron chi connectivity index (χ1n) is 5.93. The van der Waals surface area contributed by atoms with Gasteiger partial charge >= 0.3 is 6.18 Å². The van der Waals surface area contributed by atoms with Crippen LogP contribution in [0.2, 0.25) is 0 Å². The minimum atomic E-state index is -4.51. The van der Waals surface area contributed by atoms with Crippen LogP contribution in [-0.4, -0.2) is 14.8 Å². The minimum absolute atomic E-state index is 0.143. The average molecular weight is 285 g/mol. The SMILES string of the molecule is CCc1nn(C)cc1Nc1cc(C(F)(F)F)ncc1N. The van der Waals surface area contributed by atoms with Crippen LogP contribution in [0.15, 0.2) is 18.5 Å². The summed E-state index contributed by atoms with van der Waals surface area (Å²) in [4.78, 5) is 3.29. The predicted molar refractivity (Wildman–Crippen MR) is 69.5 cm³/mol. The predicted octanol–water partition coefficient (Wildman–Crippen LogP) is 2.72. The maximum atomic E-state index is 12.6. The summed E-state index contributed by atoms with van der Waals surface area (Å²) >= 11 is 0. The molecule has 0 aliphatic carbocycles. The Morgan fingerprint density at radius 3 is 2.65 bits per heavy atom. The van der Waals surface area contributed by atoms with Gasteiger partial charge in [0.2, 0.25) is 0 Å². The number of nitrogens with one attached hydrogen (secondary N) is 1. The van der Waals surface area contributed by atoms with Gasteiger partial charge in [-0.25, -0.2) is 4.98 Å². The number of alkyl halides is 3. The zero-order valence-corrected chi connectivity index (χ0v) is 11.0. The third kappa shape index (κ3) is 2.84. The lowest BCUT2D eigenvalue weighted by atomic mass is 10.2. The Balaban J connectivity index is 2.37. The molecule has 3 N–H and O–H groups in total. The van der Waals surface area contributed by atoms with E-state index < -0.39 is 11.9 Å². The van der Waals surface area contributed by atoms with Crippen LogP contribution in [0.4, 0.5) is 30.2 Å². The fraction of sp³-hybridized carbons (Fsp3) is 0.333. The number of aromatic nitrogens is 3. The number of nitrogens with zero attached hydrogens (tertiary/aromatic N) is 3. The van der Waals surface area contributed by atoms with Gasteiger partial charge in [0.15, 0.2) is 0 Å². The fourth-order valence-electron chi connectivity index (χ4n) is 1.77. The Labute approximate surface area is 113 Å². The molecule has 2 rings (SSSR count). The van der Waals surface area contributed by atoms with Crippen LogP contribution in [0.5, 0.6) is 0 Å². The molecule has 0 saturated heterocycles. The topological polar surface area (TPSA) is 68.8 Å². The molecule has 0 atom stereocenters. The lowest BCUT2D eigenvalue weighted by molar-refractivity contribution is -0.141. The largest absolute Gasteiger partial charge is 0.433 e. The number of halogens is 3. The summed E-state index contributed by atoms with van der Waals surface area (Å²) in [5.74, 6) is 0. The van der Waals surface area contributed by atoms with Crippen LogP contribution >= 0.6 is 0 Å². The van der Waals surface area contributed by atoms with E-state index >= 15 is 0 Å². The average Bonchev–Trinajstić information content (AvgIpc) is 2.71. The number of anilines is 3. The molecule has 0 spiro atoms. The fourth-order valence-corrected chi connectivity index (χ4v) is 1.77. The summed E-state index contributed by atoms with van der Waals surface area (Å²) in [6.07, 6.45) is -1.17. The molecule has 0 saturated carbocycles. The number of rotatable bonds is 3. The molecule has 0 aliphatic rings. The van der Waals surface area contributed by atoms with Gasteiger partial charge in [0.25, 0.3) is 0 Å². The van der Waals surface area contributed by atoms with E-state index in [0.29, 0.717) is 12.1 Å². The summed E-state index contributed by atoms with van der Waals surface area (Å²) in [7, 11) is 1.74. The summed E-state index contributed by atoms with van der Waals surface area (Å²) in [6.45, 7) is 1.91. The first-order valence-corrected chi connectivity index (χ1v) is 5.93. The van der Waals surface area contributed by atoms with Gasteiger partial charge in [-0.3, -0.25) is 4.68 Å². The van der Waals surface area contributed by atoms with Gasteiger partial charge in [0, 0.05) is 13.2 Å². The molecule has 0 radical (unpaired) electrons. The monoisotopic (exact) mass is 285 g/mol. The van der Waals surface area contributed by atoms with Crippen molar-refractivity contribution in [2.45, 2.75) is 19.5 Å². The molecular formula is C12H14F3N5. The zero-order chi connectivity index (χ0) is 14.9. The van der Waals surface area contributed by atoms with Crippen LogP contribution in [0.25, 0.3) is 0 Å². The highest BCUT2D eigenvalue weighted by molar-refractivity contribution is 5.72. The van der Waals surface area contributed by atoms with Crippen molar-refractivity contribution in [3.8, 4) is 0 Å². The zero-order valence-electron chi connectivity index (χ0n) is 11.0. The highest BCUT2D eigenvalue weighted by Crippen LogP contribution is 2.32. The van der Waals surface area contributed by atoms with E-state index in [-0.39, 0.29) is 11.4 Å². The summed E-state index contributed by atoms with van der Waals surface area (Å²) in [5, 5.41) is 7.08. The normalized spacial score (nSPS) is 11.7. The molecule has 2 aromatic heterocycles. The van der Waals surface area contributed by atoms with Crippen molar-refractivity contribution in [2.24, 2.45) is 7.05 Å². The lowest BCUT2D eigenvalue weighted by Gasteiger charge is -2.12. The number of hydrogen-bond donors (Lipinski definition) is 2. The van der Waals surface area contributed by atoms with Crippen molar-refractivity contribution in [1.29, 1.82) is 0 Å². The summed E-state index contributed by atoms with van der Waals surface area (Å²) in [5.41, 5.74) is 6.35. The van der Waals surface area contributed by atoms with Crippen molar-refractivity contribution in [1.82, 2.24) is 14.8 Å². The van der Waals surface area contributed by atoms with Crippen LogP contribution in [0.1, 0.15) is 18.3 Å². The van der Waals surface area contributed by atoms with Crippen molar-refractivity contribution < 1.29 is 13.2 Å². The molecule has 0 fully saturated rings. The Hall–Kier alpha value is -2.25. The lowest BCUT2D eigenvalue weighted by Crippen LogP contribution is -2.09. The summed E-state index contributed by atoms with van der Waals surface area (Å²) < 4.78 is 39.5. The maximum Gasteiger partial charge on any atom is 0.433 e. The third-order valence-electron chi connectivity index (χ3n) is 2.73. The maximum absolute atomic E-state index is 12.6. The Kier molecular flexibility index (Phi) is 3.56. The van der Waals surface area contributed by atoms with Crippen LogP contribution in [0.3, 0.4) is 0 Å². The molecule has 0 amide bonds. The molecule has 20 heavy (non-hydrogen) atoms. The Morgan fingerprint density at radius 2 is 2.05 bits per heavy atom. The minimum Gasteiger partial charge on any atom is -0.396 e. The molecule has 0 aliphatic heterocycles. The van der Waals surface area contributed by atoms with Crippen LogP contribution in [0, 0.1) is 0 Å². The Bertz CT molecular complexity index is 618. The van der Waals surface area contributed by atoms with Crippen LogP contribution < -0.4 is 11.1 Å². The van der Waals surface area contributed by atoms with E-state index in [9.17, 15) is 13.2 Å². The van der Waals surface area contributed by atoms with Crippen molar-refractivity contribution >= 4 is 17.1 Å². The van der Waals surface area contributed by atoms with Gasteiger partial charge in [0.1, 0.15) is 5.69 Å². The molecular weight excluding hydrogens is 271 g/mol. The second-order valence-corrected chi connectivity index (χ2v) is 4.30. The molecule has 5 nitrogen and oxygen atoms in total. The number of hydrogen-bond acceptors (Lipinski definition) is 4. The van der Waals surface area contributed by atoms with E-state index in [0.717, 1.165) is 18.0 Å². The molecule has 0 aromatic carbocycles. The number of aryl methyl sites for hydroxylation is 2. The van der Waals surface area contributed by atoms with Gasteiger partial charge in [-0.05, 0) is 12.5 Å². The molecule has 0 unspecified atom stereocenters. The van der Waals surface area contributed by atoms with Crippen molar-refractivity contribution in [3.63, 3.8) is 0 Å². The van der Waals surface area contributed by atoms with E-state index in [2.05, 4.69) is 15.4 Å². The first kappa shape index (κ1) is 14.2. The van der Waals surface area contributed by atoms with Gasteiger partial charge in [-0.1, -0.05) is 6.92 Å². The van der Waals surface area contributed by atoms with Gasteiger partial charge < -0.3 is 11.1 Å². The number of nitrogen functional groups attached to an aromatic ring is 1. The molecule has 108 valence electrons. The van der Waals surface area contributed by atoms with Gasteiger partial charge in [-0.2, -0.15) is 18.3 Å². The van der Waals surface area contributed by atoms with Gasteiger partial charge in [-0.15, -0.1) is 0 Å². The number of nitrogens with two attached hydrogens (primary N) is 1. The number of pyridine rings is 1. The highest BCUT2D eigenvalue weighted by atomic mass is 19.4. The van der Waals surface area contributed by atoms with Gasteiger partial charge in [0.05, 0.1) is 29.0 Å². The molecule has 8 heteroatoms. The van der Waals surface area contributed by atoms with E-state index in [4.69, 9.17) is 5.73 Å². The van der Waals surface area contributed by atoms with E-state index in [1.807, 2.05) is 6.92 Å². The van der Waals surface area contributed by atoms with E-state index in [1.165, 1.54) is 0 Å². The molecule has 2 aromatic rings. The second-order valence-electron chi connectivity index (χ2n) is 4.30. The molecule has 2 heterocycles. The first-order chi connectivity index (χ1) is 9.31. The quantitative estimate of drug-likeness (QED) is 0.909. The smallest absolute Gasteiger partial charge is 0.396 e. The Morgan fingerprint density at radius 1 is 1.35 bits per heavy atom. The third-order valence-corrected chi connectivity index (χ3v) is 2.73. The van der Waals surface area contributed by atoms with Crippen LogP contribution in [-0.2, 0) is 19.6 Å². The molecule has 0 bridgehead atoms.